The fourth-order valence-electron chi connectivity index (χ4n) is 5.81. The van der Waals surface area contributed by atoms with Crippen LogP contribution in [-0.4, -0.2) is 71.8 Å². The van der Waals surface area contributed by atoms with Crippen LogP contribution in [0.4, 0.5) is 5.69 Å². The van der Waals surface area contributed by atoms with Crippen LogP contribution >= 0.6 is 0 Å². The summed E-state index contributed by atoms with van der Waals surface area (Å²) in [6.07, 6.45) is 7.66. The SMILES string of the molecule is Cc1ccc(C)c(N2CC=C[C@]34O[C@H]5C=CCCOC(=O)[C@H]5[C@H]3C(=O)N(CCCO)C4C2=O)c1. The number of benzene rings is 1. The van der Waals surface area contributed by atoms with Gasteiger partial charge in [0.25, 0.3) is 5.91 Å². The lowest BCUT2D eigenvalue weighted by atomic mass is 9.77. The largest absolute Gasteiger partial charge is 0.465 e. The minimum absolute atomic E-state index is 0.114. The van der Waals surface area contributed by atoms with Gasteiger partial charge in [0.2, 0.25) is 5.91 Å². The molecule has 0 radical (unpaired) electrons. The van der Waals surface area contributed by atoms with Gasteiger partial charge in [-0.05, 0) is 43.9 Å². The highest BCUT2D eigenvalue weighted by Gasteiger charge is 2.71. The third-order valence-electron chi connectivity index (χ3n) is 7.33. The van der Waals surface area contributed by atoms with Crippen molar-refractivity contribution in [2.24, 2.45) is 11.8 Å². The van der Waals surface area contributed by atoms with Crippen LogP contribution in [-0.2, 0) is 23.9 Å². The van der Waals surface area contributed by atoms with Crippen molar-refractivity contribution >= 4 is 23.5 Å². The number of ether oxygens (including phenoxy) is 2. The highest BCUT2D eigenvalue weighted by atomic mass is 16.6. The molecule has 2 fully saturated rings. The summed E-state index contributed by atoms with van der Waals surface area (Å²) in [6, 6.07) is 5.00. The number of esters is 1. The van der Waals surface area contributed by atoms with Crippen molar-refractivity contribution in [1.29, 1.82) is 0 Å². The van der Waals surface area contributed by atoms with E-state index in [4.69, 9.17) is 9.47 Å². The summed E-state index contributed by atoms with van der Waals surface area (Å²) in [6.45, 7) is 4.59. The fourth-order valence-corrected chi connectivity index (χ4v) is 5.81. The molecule has 5 atom stereocenters. The molecule has 180 valence electrons. The van der Waals surface area contributed by atoms with E-state index in [9.17, 15) is 19.5 Å². The van der Waals surface area contributed by atoms with Crippen molar-refractivity contribution < 1.29 is 29.0 Å². The van der Waals surface area contributed by atoms with E-state index in [-0.39, 0.29) is 31.6 Å². The second-order valence-electron chi connectivity index (χ2n) is 9.48. The summed E-state index contributed by atoms with van der Waals surface area (Å²) in [5.74, 6) is -2.72. The first kappa shape index (κ1) is 22.8. The predicted molar refractivity (Wildman–Crippen MR) is 124 cm³/mol. The second-order valence-corrected chi connectivity index (χ2v) is 9.48. The van der Waals surface area contributed by atoms with Crippen molar-refractivity contribution in [1.82, 2.24) is 4.90 Å². The molecule has 8 nitrogen and oxygen atoms in total. The van der Waals surface area contributed by atoms with E-state index in [1.807, 2.05) is 56.4 Å². The lowest BCUT2D eigenvalue weighted by molar-refractivity contribution is -0.154. The van der Waals surface area contributed by atoms with Gasteiger partial charge in [-0.15, -0.1) is 0 Å². The van der Waals surface area contributed by atoms with Crippen LogP contribution < -0.4 is 4.90 Å². The highest BCUT2D eigenvalue weighted by molar-refractivity contribution is 6.05. The first-order valence-electron chi connectivity index (χ1n) is 11.9. The fraction of sp³-hybridized carbons (Fsp3) is 0.500. The number of nitrogens with zero attached hydrogens (tertiary/aromatic N) is 2. The van der Waals surface area contributed by atoms with E-state index in [1.165, 1.54) is 4.90 Å². The highest BCUT2D eigenvalue weighted by Crippen LogP contribution is 2.53. The van der Waals surface area contributed by atoms with Crippen molar-refractivity contribution in [3.8, 4) is 0 Å². The number of likely N-dealkylation sites (tertiary alicyclic amines) is 1. The molecule has 0 bridgehead atoms. The molecule has 5 rings (SSSR count). The number of amides is 2. The summed E-state index contributed by atoms with van der Waals surface area (Å²) in [5, 5.41) is 9.46. The van der Waals surface area contributed by atoms with Gasteiger partial charge in [-0.3, -0.25) is 14.4 Å². The number of hydrogen-bond donors (Lipinski definition) is 1. The first-order chi connectivity index (χ1) is 16.4. The van der Waals surface area contributed by atoms with E-state index in [0.717, 1.165) is 16.8 Å². The first-order valence-corrected chi connectivity index (χ1v) is 11.9. The van der Waals surface area contributed by atoms with Crippen molar-refractivity contribution in [2.45, 2.75) is 44.4 Å². The van der Waals surface area contributed by atoms with Gasteiger partial charge in [0.05, 0.1) is 18.6 Å². The minimum Gasteiger partial charge on any atom is -0.465 e. The average Bonchev–Trinajstić information content (AvgIpc) is 3.18. The van der Waals surface area contributed by atoms with E-state index in [1.54, 1.807) is 4.90 Å². The Hall–Kier alpha value is -2.97. The van der Waals surface area contributed by atoms with Gasteiger partial charge in [-0.1, -0.05) is 36.4 Å². The van der Waals surface area contributed by atoms with E-state index in [2.05, 4.69) is 0 Å². The predicted octanol–water partition coefficient (Wildman–Crippen LogP) is 1.67. The molecular weight excluding hydrogens is 436 g/mol. The Balaban J connectivity index is 1.62. The maximum atomic E-state index is 14.2. The smallest absolute Gasteiger partial charge is 0.312 e. The van der Waals surface area contributed by atoms with Crippen LogP contribution in [0.5, 0.6) is 0 Å². The standard InChI is InChI=1S/C26H30N2O6/c1-16-8-9-17(2)18(15-16)27-11-5-10-26-21(20-19(34-26)7-3-4-14-33-25(20)32)23(30)28(12-6-13-29)22(26)24(27)31/h3,5,7-10,15,19-22,29H,4,6,11-14H2,1-2H3/t19-,20+,21-,22?,26-/m0/s1. The normalized spacial score (nSPS) is 32.6. The van der Waals surface area contributed by atoms with Crippen molar-refractivity contribution in [2.75, 3.05) is 31.2 Å². The Labute approximate surface area is 198 Å². The van der Waals surface area contributed by atoms with Crippen molar-refractivity contribution in [3.63, 3.8) is 0 Å². The molecule has 8 heteroatoms. The number of aliphatic hydroxyl groups excluding tert-OH is 1. The van der Waals surface area contributed by atoms with Gasteiger partial charge in [-0.25, -0.2) is 0 Å². The zero-order valence-corrected chi connectivity index (χ0v) is 19.5. The average molecular weight is 467 g/mol. The molecule has 0 aliphatic carbocycles. The lowest BCUT2D eigenvalue weighted by Crippen LogP contribution is -2.55. The molecule has 2 saturated heterocycles. The van der Waals surface area contributed by atoms with Gasteiger partial charge in [0, 0.05) is 25.4 Å². The molecule has 1 N–H and O–H groups in total. The van der Waals surface area contributed by atoms with Crippen LogP contribution in [0.25, 0.3) is 0 Å². The number of rotatable bonds is 4. The third-order valence-corrected chi connectivity index (χ3v) is 7.33. The van der Waals surface area contributed by atoms with Gasteiger partial charge in [0.1, 0.15) is 17.6 Å². The van der Waals surface area contributed by atoms with E-state index < -0.39 is 35.6 Å². The molecule has 34 heavy (non-hydrogen) atoms. The Morgan fingerprint density at radius 2 is 1.97 bits per heavy atom. The molecule has 0 saturated carbocycles. The Bertz CT molecular complexity index is 1080. The number of cyclic esters (lactones) is 1. The minimum atomic E-state index is -1.28. The molecule has 1 aromatic carbocycles. The molecule has 4 heterocycles. The van der Waals surface area contributed by atoms with Gasteiger partial charge in [0.15, 0.2) is 0 Å². The van der Waals surface area contributed by atoms with E-state index in [0.29, 0.717) is 19.4 Å². The quantitative estimate of drug-likeness (QED) is 0.536. The molecule has 0 aromatic heterocycles. The number of carbonyl (C=O) groups is 3. The number of aliphatic hydroxyl groups is 1. The molecule has 1 spiro atoms. The zero-order chi connectivity index (χ0) is 24.0. The molecular formula is C26H30N2O6. The summed E-state index contributed by atoms with van der Waals surface area (Å²) < 4.78 is 11.9. The maximum Gasteiger partial charge on any atom is 0.312 e. The Morgan fingerprint density at radius 3 is 2.76 bits per heavy atom. The van der Waals surface area contributed by atoms with Crippen LogP contribution in [0.3, 0.4) is 0 Å². The summed E-state index contributed by atoms with van der Waals surface area (Å²) in [4.78, 5) is 44.2. The van der Waals surface area contributed by atoms with Gasteiger partial charge < -0.3 is 24.4 Å². The summed E-state index contributed by atoms with van der Waals surface area (Å²) in [7, 11) is 0. The van der Waals surface area contributed by atoms with E-state index >= 15 is 0 Å². The summed E-state index contributed by atoms with van der Waals surface area (Å²) >= 11 is 0. The number of aryl methyl sites for hydroxylation is 2. The van der Waals surface area contributed by atoms with Crippen LogP contribution in [0.2, 0.25) is 0 Å². The third kappa shape index (κ3) is 3.39. The van der Waals surface area contributed by atoms with Gasteiger partial charge in [-0.2, -0.15) is 0 Å². The Morgan fingerprint density at radius 1 is 1.15 bits per heavy atom. The monoisotopic (exact) mass is 466 g/mol. The molecule has 2 amide bonds. The summed E-state index contributed by atoms with van der Waals surface area (Å²) in [5.41, 5.74) is 1.48. The molecule has 1 aromatic rings. The number of hydrogen-bond acceptors (Lipinski definition) is 6. The molecule has 1 unspecified atom stereocenters. The second kappa shape index (κ2) is 8.67. The van der Waals surface area contributed by atoms with Crippen LogP contribution in [0.15, 0.2) is 42.5 Å². The van der Waals surface area contributed by atoms with Gasteiger partial charge >= 0.3 is 5.97 Å². The number of fused-ring (bicyclic) bond motifs is 2. The maximum absolute atomic E-state index is 14.2. The van der Waals surface area contributed by atoms with Crippen LogP contribution in [0, 0.1) is 25.7 Å². The van der Waals surface area contributed by atoms with Crippen molar-refractivity contribution in [3.05, 3.63) is 53.6 Å². The number of anilines is 1. The zero-order valence-electron chi connectivity index (χ0n) is 19.5. The lowest BCUT2D eigenvalue weighted by Gasteiger charge is -2.35. The number of carbonyl (C=O) groups excluding carboxylic acids is 3. The Kier molecular flexibility index (Phi) is 5.81. The molecule has 4 aliphatic rings. The van der Waals surface area contributed by atoms with Crippen LogP contribution in [0.1, 0.15) is 24.0 Å². The molecule has 4 aliphatic heterocycles. The topological polar surface area (TPSA) is 96.4 Å².